The van der Waals surface area contributed by atoms with Crippen molar-refractivity contribution in [1.82, 2.24) is 9.88 Å². The van der Waals surface area contributed by atoms with E-state index < -0.39 is 5.60 Å². The first-order chi connectivity index (χ1) is 9.76. The number of rotatable bonds is 2. The fourth-order valence-electron chi connectivity index (χ4n) is 2.33. The zero-order valence-electron chi connectivity index (χ0n) is 13.2. The van der Waals surface area contributed by atoms with Gasteiger partial charge in [0.1, 0.15) is 11.4 Å². The van der Waals surface area contributed by atoms with Crippen LogP contribution in [0.15, 0.2) is 18.3 Å². The summed E-state index contributed by atoms with van der Waals surface area (Å²) in [5, 5.41) is 0. The van der Waals surface area contributed by atoms with Crippen molar-refractivity contribution in [3.05, 3.63) is 18.3 Å². The quantitative estimate of drug-likeness (QED) is 0.904. The standard InChI is InChI=1S/C15H24N4O2/c1-15(2,3)21-14(20)18(4)12-7-8-19(10-12)13-6-5-11(16)9-17-13/h5-6,9,12H,7-8,10,16H2,1-4H3/t12-/m1/s1. The van der Waals surface area contributed by atoms with Gasteiger partial charge in [-0.3, -0.25) is 0 Å². The fourth-order valence-corrected chi connectivity index (χ4v) is 2.33. The molecule has 1 aromatic heterocycles. The average molecular weight is 292 g/mol. The zero-order chi connectivity index (χ0) is 15.6. The molecule has 1 aliphatic heterocycles. The van der Waals surface area contributed by atoms with E-state index in [1.807, 2.05) is 32.9 Å². The largest absolute Gasteiger partial charge is 0.444 e. The SMILES string of the molecule is CN(C(=O)OC(C)(C)C)[C@@H]1CCN(c2ccc(N)cn2)C1. The lowest BCUT2D eigenvalue weighted by atomic mass is 10.2. The van der Waals surface area contributed by atoms with Crippen molar-refractivity contribution >= 4 is 17.6 Å². The van der Waals surface area contributed by atoms with E-state index in [1.54, 1.807) is 18.1 Å². The van der Waals surface area contributed by atoms with E-state index >= 15 is 0 Å². The van der Waals surface area contributed by atoms with Crippen LogP contribution in [0.2, 0.25) is 0 Å². The molecule has 6 nitrogen and oxygen atoms in total. The highest BCUT2D eigenvalue weighted by Crippen LogP contribution is 2.22. The molecule has 1 saturated heterocycles. The molecule has 0 bridgehead atoms. The number of nitrogen functional groups attached to an aromatic ring is 1. The third-order valence-corrected chi connectivity index (χ3v) is 3.49. The number of nitrogens with zero attached hydrogens (tertiary/aromatic N) is 3. The minimum absolute atomic E-state index is 0.138. The van der Waals surface area contributed by atoms with E-state index in [2.05, 4.69) is 9.88 Å². The zero-order valence-corrected chi connectivity index (χ0v) is 13.2. The molecule has 2 N–H and O–H groups in total. The first-order valence-electron chi connectivity index (χ1n) is 7.18. The Bertz CT molecular complexity index is 495. The van der Waals surface area contributed by atoms with Gasteiger partial charge in [-0.05, 0) is 39.3 Å². The molecule has 1 fully saturated rings. The normalized spacial score (nSPS) is 18.7. The Balaban J connectivity index is 1.95. The van der Waals surface area contributed by atoms with Crippen molar-refractivity contribution in [2.75, 3.05) is 30.8 Å². The predicted octanol–water partition coefficient (Wildman–Crippen LogP) is 2.11. The highest BCUT2D eigenvalue weighted by molar-refractivity contribution is 5.68. The second-order valence-corrected chi connectivity index (χ2v) is 6.43. The Labute approximate surface area is 125 Å². The van der Waals surface area contributed by atoms with E-state index in [0.717, 1.165) is 25.3 Å². The van der Waals surface area contributed by atoms with Crippen LogP contribution in [0.25, 0.3) is 0 Å². The van der Waals surface area contributed by atoms with Crippen LogP contribution in [-0.2, 0) is 4.74 Å². The van der Waals surface area contributed by atoms with Crippen molar-refractivity contribution in [3.8, 4) is 0 Å². The number of aromatic nitrogens is 1. The number of ether oxygens (including phenoxy) is 1. The minimum Gasteiger partial charge on any atom is -0.444 e. The van der Waals surface area contributed by atoms with Crippen LogP contribution in [0.1, 0.15) is 27.2 Å². The van der Waals surface area contributed by atoms with E-state index in [-0.39, 0.29) is 12.1 Å². The molecule has 1 aromatic rings. The number of amides is 1. The maximum Gasteiger partial charge on any atom is 0.410 e. The summed E-state index contributed by atoms with van der Waals surface area (Å²) in [7, 11) is 1.79. The topological polar surface area (TPSA) is 71.7 Å². The summed E-state index contributed by atoms with van der Waals surface area (Å²) in [4.78, 5) is 20.3. The van der Waals surface area contributed by atoms with Crippen LogP contribution in [-0.4, -0.2) is 47.8 Å². The Hall–Kier alpha value is -1.98. The summed E-state index contributed by atoms with van der Waals surface area (Å²) in [5.74, 6) is 0.893. The van der Waals surface area contributed by atoms with Gasteiger partial charge in [0.2, 0.25) is 0 Å². The van der Waals surface area contributed by atoms with E-state index in [1.165, 1.54) is 0 Å². The van der Waals surface area contributed by atoms with Gasteiger partial charge < -0.3 is 20.3 Å². The van der Waals surface area contributed by atoms with Crippen LogP contribution in [0.4, 0.5) is 16.3 Å². The lowest BCUT2D eigenvalue weighted by Crippen LogP contribution is -2.42. The molecule has 0 spiro atoms. The molecule has 0 radical (unpaired) electrons. The maximum absolute atomic E-state index is 12.1. The lowest BCUT2D eigenvalue weighted by molar-refractivity contribution is 0.0238. The third-order valence-electron chi connectivity index (χ3n) is 3.49. The van der Waals surface area contributed by atoms with Crippen molar-refractivity contribution in [2.24, 2.45) is 0 Å². The highest BCUT2D eigenvalue weighted by atomic mass is 16.6. The van der Waals surface area contributed by atoms with Crippen molar-refractivity contribution in [1.29, 1.82) is 0 Å². The molecule has 6 heteroatoms. The van der Waals surface area contributed by atoms with Gasteiger partial charge in [-0.1, -0.05) is 0 Å². The maximum atomic E-state index is 12.1. The molecule has 1 aliphatic rings. The summed E-state index contributed by atoms with van der Waals surface area (Å²) < 4.78 is 5.40. The Morgan fingerprint density at radius 3 is 2.76 bits per heavy atom. The number of likely N-dealkylation sites (N-methyl/N-ethyl adjacent to an activating group) is 1. The van der Waals surface area contributed by atoms with Gasteiger partial charge in [0.05, 0.1) is 17.9 Å². The number of carbonyl (C=O) groups excluding carboxylic acids is 1. The molecule has 116 valence electrons. The molecule has 2 rings (SSSR count). The van der Waals surface area contributed by atoms with Crippen molar-refractivity contribution in [2.45, 2.75) is 38.8 Å². The molecule has 1 atom stereocenters. The molecular formula is C15H24N4O2. The molecule has 1 amide bonds. The third kappa shape index (κ3) is 4.00. The summed E-state index contributed by atoms with van der Waals surface area (Å²) in [6, 6.07) is 3.89. The Morgan fingerprint density at radius 1 is 1.48 bits per heavy atom. The second kappa shape index (κ2) is 5.79. The van der Waals surface area contributed by atoms with Gasteiger partial charge in [0.15, 0.2) is 0 Å². The van der Waals surface area contributed by atoms with Gasteiger partial charge in [-0.25, -0.2) is 9.78 Å². The number of pyridine rings is 1. The van der Waals surface area contributed by atoms with Gasteiger partial charge in [0, 0.05) is 20.1 Å². The van der Waals surface area contributed by atoms with Gasteiger partial charge in [-0.2, -0.15) is 0 Å². The molecule has 0 aliphatic carbocycles. The summed E-state index contributed by atoms with van der Waals surface area (Å²) in [6.45, 7) is 7.25. The monoisotopic (exact) mass is 292 g/mol. The number of nitrogens with two attached hydrogens (primary N) is 1. The Kier molecular flexibility index (Phi) is 4.25. The number of carbonyl (C=O) groups is 1. The minimum atomic E-state index is -0.470. The molecule has 0 aromatic carbocycles. The molecule has 0 saturated carbocycles. The number of anilines is 2. The predicted molar refractivity (Wildman–Crippen MR) is 83.3 cm³/mol. The van der Waals surface area contributed by atoms with Crippen LogP contribution >= 0.6 is 0 Å². The Morgan fingerprint density at radius 2 is 2.19 bits per heavy atom. The van der Waals surface area contributed by atoms with Gasteiger partial charge in [-0.15, -0.1) is 0 Å². The van der Waals surface area contributed by atoms with Crippen LogP contribution in [0, 0.1) is 0 Å². The number of hydrogen-bond acceptors (Lipinski definition) is 5. The summed E-state index contributed by atoms with van der Waals surface area (Å²) in [6.07, 6.45) is 2.28. The first-order valence-corrected chi connectivity index (χ1v) is 7.18. The van der Waals surface area contributed by atoms with Crippen LogP contribution < -0.4 is 10.6 Å². The van der Waals surface area contributed by atoms with Gasteiger partial charge >= 0.3 is 6.09 Å². The van der Waals surface area contributed by atoms with Crippen LogP contribution in [0.5, 0.6) is 0 Å². The second-order valence-electron chi connectivity index (χ2n) is 6.43. The molecule has 2 heterocycles. The smallest absolute Gasteiger partial charge is 0.410 e. The van der Waals surface area contributed by atoms with Crippen molar-refractivity contribution in [3.63, 3.8) is 0 Å². The molecule has 0 unspecified atom stereocenters. The van der Waals surface area contributed by atoms with E-state index in [4.69, 9.17) is 10.5 Å². The highest BCUT2D eigenvalue weighted by Gasteiger charge is 2.31. The van der Waals surface area contributed by atoms with E-state index in [0.29, 0.717) is 5.69 Å². The molecule has 21 heavy (non-hydrogen) atoms. The van der Waals surface area contributed by atoms with Crippen LogP contribution in [0.3, 0.4) is 0 Å². The first kappa shape index (κ1) is 15.4. The average Bonchev–Trinajstić information content (AvgIpc) is 2.86. The fraction of sp³-hybridized carbons (Fsp3) is 0.600. The number of hydrogen-bond donors (Lipinski definition) is 1. The van der Waals surface area contributed by atoms with Crippen molar-refractivity contribution < 1.29 is 9.53 Å². The lowest BCUT2D eigenvalue weighted by Gasteiger charge is -2.28. The van der Waals surface area contributed by atoms with E-state index in [9.17, 15) is 4.79 Å². The summed E-state index contributed by atoms with van der Waals surface area (Å²) in [5.41, 5.74) is 5.83. The van der Waals surface area contributed by atoms with Gasteiger partial charge in [0.25, 0.3) is 0 Å². The molecular weight excluding hydrogens is 268 g/mol. The summed E-state index contributed by atoms with van der Waals surface area (Å²) >= 11 is 0.